The predicted octanol–water partition coefficient (Wildman–Crippen LogP) is 9.31. The Labute approximate surface area is 243 Å². The van der Waals surface area contributed by atoms with E-state index < -0.39 is 8.53 Å². The van der Waals surface area contributed by atoms with Gasteiger partial charge in [0.25, 0.3) is 8.53 Å². The molecule has 8 unspecified atom stereocenters. The lowest BCUT2D eigenvalue weighted by atomic mass is 9.53. The fourth-order valence-electron chi connectivity index (χ4n) is 10.6. The summed E-state index contributed by atoms with van der Waals surface area (Å²) < 4.78 is 17.4. The van der Waals surface area contributed by atoms with Gasteiger partial charge in [-0.05, 0) is 85.2 Å². The van der Waals surface area contributed by atoms with Crippen LogP contribution in [0, 0.1) is 35.5 Å². The van der Waals surface area contributed by atoms with Gasteiger partial charge in [0.1, 0.15) is 0 Å². The van der Waals surface area contributed by atoms with E-state index in [9.17, 15) is 0 Å². The van der Waals surface area contributed by atoms with E-state index in [1.54, 1.807) is 0 Å². The van der Waals surface area contributed by atoms with Crippen molar-refractivity contribution in [2.45, 2.75) is 101 Å². The van der Waals surface area contributed by atoms with Crippen LogP contribution in [-0.4, -0.2) is 30.0 Å². The molecule has 0 spiro atoms. The third-order valence-electron chi connectivity index (χ3n) is 12.3. The molecule has 4 aliphatic carbocycles. The molecule has 40 heavy (non-hydrogen) atoms. The summed E-state index contributed by atoms with van der Waals surface area (Å²) in [5.74, 6) is 6.10. The van der Waals surface area contributed by atoms with Crippen LogP contribution < -0.4 is 0 Å². The highest BCUT2D eigenvalue weighted by Gasteiger charge is 2.56. The molecule has 0 radical (unpaired) electrons. The number of hydrogen-bond acceptors (Lipinski definition) is 3. The molecule has 4 saturated carbocycles. The molecule has 2 heterocycles. The fourth-order valence-corrected chi connectivity index (χ4v) is 12.5. The lowest BCUT2D eigenvalue weighted by molar-refractivity contribution is -0.0856. The van der Waals surface area contributed by atoms with Crippen molar-refractivity contribution in [1.29, 1.82) is 0 Å². The number of rotatable bonds is 3. The van der Waals surface area contributed by atoms with Gasteiger partial charge in [-0.25, -0.2) is 4.67 Å². The van der Waals surface area contributed by atoms with Crippen molar-refractivity contribution in [3.8, 4) is 0 Å². The minimum absolute atomic E-state index is 0.409. The zero-order valence-electron chi connectivity index (χ0n) is 24.2. The molecule has 4 heteroatoms. The summed E-state index contributed by atoms with van der Waals surface area (Å²) >= 11 is 0. The van der Waals surface area contributed by atoms with Gasteiger partial charge >= 0.3 is 0 Å². The van der Waals surface area contributed by atoms with Crippen molar-refractivity contribution in [2.24, 2.45) is 35.5 Å². The monoisotopic (exact) mass is 557 g/mol. The van der Waals surface area contributed by atoms with Crippen LogP contribution in [0.4, 0.5) is 0 Å². The second-order valence-electron chi connectivity index (χ2n) is 14.2. The van der Waals surface area contributed by atoms with Gasteiger partial charge in [0.15, 0.2) is 0 Å². The summed E-state index contributed by atoms with van der Waals surface area (Å²) in [5, 5.41) is 0. The largest absolute Gasteiger partial charge is 0.318 e. The lowest BCUT2D eigenvalue weighted by Crippen LogP contribution is -2.51. The van der Waals surface area contributed by atoms with E-state index in [-0.39, 0.29) is 0 Å². The molecule has 3 nitrogen and oxygen atoms in total. The normalized spacial score (nSPS) is 43.5. The summed E-state index contributed by atoms with van der Waals surface area (Å²) in [7, 11) is -1.04. The molecule has 214 valence electrons. The topological polar surface area (TPSA) is 21.7 Å². The van der Waals surface area contributed by atoms with Gasteiger partial charge in [0.05, 0.1) is 12.2 Å². The molecular formula is C36H48NO2P. The molecule has 6 aliphatic rings. The Kier molecular flexibility index (Phi) is 7.55. The maximum atomic E-state index is 7.36. The van der Waals surface area contributed by atoms with Gasteiger partial charge in [-0.3, -0.25) is 0 Å². The van der Waals surface area contributed by atoms with Gasteiger partial charge in [-0.2, -0.15) is 0 Å². The minimum Gasteiger partial charge on any atom is -0.318 e. The van der Waals surface area contributed by atoms with Crippen LogP contribution in [0.1, 0.15) is 100 Å². The third kappa shape index (κ3) is 4.82. The van der Waals surface area contributed by atoms with Crippen LogP contribution in [0.2, 0.25) is 0 Å². The molecule has 2 saturated heterocycles. The first-order valence-electron chi connectivity index (χ1n) is 16.8. The van der Waals surface area contributed by atoms with Gasteiger partial charge in [-0.15, -0.1) is 0 Å². The fraction of sp³-hybridized carbons (Fsp3) is 0.667. The summed E-state index contributed by atoms with van der Waals surface area (Å²) in [6.45, 7) is 2.09. The van der Waals surface area contributed by atoms with Crippen molar-refractivity contribution in [3.05, 3.63) is 71.8 Å². The highest BCUT2D eigenvalue weighted by molar-refractivity contribution is 7.44. The molecular weight excluding hydrogens is 509 g/mol. The maximum Gasteiger partial charge on any atom is 0.259 e. The molecule has 0 bridgehead atoms. The molecule has 2 aromatic carbocycles. The minimum atomic E-state index is -1.04. The Hall–Kier alpha value is -1.25. The van der Waals surface area contributed by atoms with Crippen LogP contribution in [0.3, 0.4) is 0 Å². The highest BCUT2D eigenvalue weighted by Crippen LogP contribution is 2.64. The zero-order chi connectivity index (χ0) is 26.5. The average molecular weight is 558 g/mol. The molecule has 2 aliphatic heterocycles. The van der Waals surface area contributed by atoms with E-state index >= 15 is 0 Å². The predicted molar refractivity (Wildman–Crippen MR) is 163 cm³/mol. The number of fused-ring (bicyclic) bond motifs is 7. The number of benzene rings is 2. The highest BCUT2D eigenvalue weighted by atomic mass is 31.2. The first kappa shape index (κ1) is 26.4. The van der Waals surface area contributed by atoms with Crippen molar-refractivity contribution < 1.29 is 9.05 Å². The van der Waals surface area contributed by atoms with Crippen molar-refractivity contribution in [3.63, 3.8) is 0 Å². The molecule has 0 amide bonds. The number of hydrogen-bond donors (Lipinski definition) is 0. The quantitative estimate of drug-likeness (QED) is 0.351. The second-order valence-corrected chi connectivity index (χ2v) is 15.6. The van der Waals surface area contributed by atoms with Crippen molar-refractivity contribution >= 4 is 8.53 Å². The smallest absolute Gasteiger partial charge is 0.259 e. The standard InChI is InChI=1S/C36H48NO2P/c1-3-11-25(12-4-1)31-23-37(24-32(31)26-13-5-2-6-14-26)40-38-33-21-19-27-15-7-9-17-29(27)35(33)36-30-18-10-8-16-28(30)20-22-34(36)39-40/h1-6,11-14,27-36H,7-10,15-24H2/t27?,28?,29?,30?,31-,32-,33?,34?,35?,36?,40?/m0/s1. The lowest BCUT2D eigenvalue weighted by Gasteiger charge is -2.53. The van der Waals surface area contributed by atoms with Gasteiger partial charge in [0.2, 0.25) is 0 Å². The van der Waals surface area contributed by atoms with Crippen LogP contribution in [0.15, 0.2) is 60.7 Å². The Morgan fingerprint density at radius 1 is 0.525 bits per heavy atom. The SMILES string of the molecule is c1ccc([C@@H]2CN(P3OC4CCC5CCCCC5C4C4C(CCC5CCCCC54)O3)C[C@H]2c2ccccc2)cc1. The van der Waals surface area contributed by atoms with Gasteiger partial charge in [0, 0.05) is 24.9 Å². The van der Waals surface area contributed by atoms with Crippen molar-refractivity contribution in [2.75, 3.05) is 13.1 Å². The van der Waals surface area contributed by atoms with E-state index in [2.05, 4.69) is 65.3 Å². The summed E-state index contributed by atoms with van der Waals surface area (Å²) in [6.07, 6.45) is 17.8. The molecule has 0 N–H and O–H groups in total. The van der Waals surface area contributed by atoms with Crippen molar-refractivity contribution in [1.82, 2.24) is 4.67 Å². The summed E-state index contributed by atoms with van der Waals surface area (Å²) in [6, 6.07) is 22.5. The Bertz CT molecular complexity index is 1040. The van der Waals surface area contributed by atoms with E-state index in [0.29, 0.717) is 24.0 Å². The van der Waals surface area contributed by atoms with Gasteiger partial charge in [-0.1, -0.05) is 99.2 Å². The molecule has 10 atom stereocenters. The third-order valence-corrected chi connectivity index (χ3v) is 14.0. The Morgan fingerprint density at radius 2 is 0.975 bits per heavy atom. The zero-order valence-corrected chi connectivity index (χ0v) is 25.1. The van der Waals surface area contributed by atoms with Crippen LogP contribution in [-0.2, 0) is 9.05 Å². The molecule has 0 aromatic heterocycles. The molecule has 2 aromatic rings. The van der Waals surface area contributed by atoms with E-state index in [1.165, 1.54) is 88.2 Å². The molecule has 8 rings (SSSR count). The van der Waals surface area contributed by atoms with E-state index in [1.807, 2.05) is 0 Å². The summed E-state index contributed by atoms with van der Waals surface area (Å²) in [4.78, 5) is 0. The molecule has 6 fully saturated rings. The number of nitrogens with zero attached hydrogens (tertiary/aromatic N) is 1. The van der Waals surface area contributed by atoms with Crippen LogP contribution >= 0.6 is 8.53 Å². The average Bonchev–Trinajstić information content (AvgIpc) is 3.39. The Morgan fingerprint density at radius 3 is 1.45 bits per heavy atom. The van der Waals surface area contributed by atoms with E-state index in [4.69, 9.17) is 9.05 Å². The second kappa shape index (κ2) is 11.4. The van der Waals surface area contributed by atoms with E-state index in [0.717, 1.165) is 48.6 Å². The first-order chi connectivity index (χ1) is 19.8. The first-order valence-corrected chi connectivity index (χ1v) is 17.9. The van der Waals surface area contributed by atoms with Crippen LogP contribution in [0.5, 0.6) is 0 Å². The Balaban J connectivity index is 1.12. The van der Waals surface area contributed by atoms with Crippen LogP contribution in [0.25, 0.3) is 0 Å². The van der Waals surface area contributed by atoms with Gasteiger partial charge < -0.3 is 9.05 Å². The maximum absolute atomic E-state index is 7.36. The summed E-state index contributed by atoms with van der Waals surface area (Å²) in [5.41, 5.74) is 2.93.